The third kappa shape index (κ3) is 3.93. The Balaban J connectivity index is 0.00000182. The number of pyridine rings is 1. The van der Waals surface area contributed by atoms with E-state index < -0.39 is 0 Å². The standard InChI is InChI=1S/C19H25ClN4.ClH/c1-14-16-4-2-3-5-17(16)22-18(19(14)20)13-23-9-6-15(12-23)24-10-7-21-8-11-24;/h2-5,15,21H,6-13H2,1H3;1H. The van der Waals surface area contributed by atoms with Gasteiger partial charge in [-0.05, 0) is 25.0 Å². The summed E-state index contributed by atoms with van der Waals surface area (Å²) in [6.45, 7) is 9.81. The predicted molar refractivity (Wildman–Crippen MR) is 107 cm³/mol. The van der Waals surface area contributed by atoms with Crippen molar-refractivity contribution in [3.8, 4) is 0 Å². The lowest BCUT2D eigenvalue weighted by Crippen LogP contribution is -2.49. The van der Waals surface area contributed by atoms with E-state index in [1.807, 2.05) is 12.1 Å². The molecule has 0 bridgehead atoms. The average Bonchev–Trinajstić information content (AvgIpc) is 3.09. The van der Waals surface area contributed by atoms with Crippen LogP contribution in [0.1, 0.15) is 17.7 Å². The van der Waals surface area contributed by atoms with Gasteiger partial charge in [0, 0.05) is 57.2 Å². The molecule has 25 heavy (non-hydrogen) atoms. The van der Waals surface area contributed by atoms with Crippen LogP contribution in [0.5, 0.6) is 0 Å². The Morgan fingerprint density at radius 1 is 1.20 bits per heavy atom. The smallest absolute Gasteiger partial charge is 0.0740 e. The molecule has 4 rings (SSSR count). The minimum atomic E-state index is 0. The Kier molecular flexibility index (Phi) is 6.18. The van der Waals surface area contributed by atoms with Crippen molar-refractivity contribution in [1.29, 1.82) is 0 Å². The van der Waals surface area contributed by atoms with Crippen molar-refractivity contribution >= 4 is 34.9 Å². The molecule has 2 aliphatic heterocycles. The van der Waals surface area contributed by atoms with Crippen LogP contribution >= 0.6 is 24.0 Å². The molecule has 0 aliphatic carbocycles. The molecule has 0 radical (unpaired) electrons. The second-order valence-corrected chi connectivity index (χ2v) is 7.36. The summed E-state index contributed by atoms with van der Waals surface area (Å²) in [7, 11) is 0. The molecule has 1 aromatic carbocycles. The Bertz CT molecular complexity index is 731. The molecular weight excluding hydrogens is 355 g/mol. The second-order valence-electron chi connectivity index (χ2n) is 6.98. The molecule has 136 valence electrons. The van der Waals surface area contributed by atoms with Gasteiger partial charge in [-0.15, -0.1) is 12.4 Å². The number of hydrogen-bond acceptors (Lipinski definition) is 4. The summed E-state index contributed by atoms with van der Waals surface area (Å²) >= 11 is 6.63. The molecule has 2 aliphatic rings. The molecule has 1 atom stereocenters. The Hall–Kier alpha value is -0.910. The largest absolute Gasteiger partial charge is 0.314 e. The van der Waals surface area contributed by atoms with Gasteiger partial charge in [0.1, 0.15) is 0 Å². The van der Waals surface area contributed by atoms with Gasteiger partial charge >= 0.3 is 0 Å². The van der Waals surface area contributed by atoms with Gasteiger partial charge < -0.3 is 5.32 Å². The Morgan fingerprint density at radius 3 is 2.76 bits per heavy atom. The third-order valence-electron chi connectivity index (χ3n) is 5.43. The van der Waals surface area contributed by atoms with Crippen molar-refractivity contribution in [2.75, 3.05) is 39.3 Å². The highest BCUT2D eigenvalue weighted by molar-refractivity contribution is 6.32. The minimum Gasteiger partial charge on any atom is -0.314 e. The highest BCUT2D eigenvalue weighted by Crippen LogP contribution is 2.28. The van der Waals surface area contributed by atoms with Crippen LogP contribution in [-0.4, -0.2) is 60.1 Å². The van der Waals surface area contributed by atoms with E-state index in [0.717, 1.165) is 59.9 Å². The summed E-state index contributed by atoms with van der Waals surface area (Å²) in [5.41, 5.74) is 3.22. The van der Waals surface area contributed by atoms with Crippen LogP contribution in [0.15, 0.2) is 24.3 Å². The lowest BCUT2D eigenvalue weighted by molar-refractivity contribution is 0.170. The third-order valence-corrected chi connectivity index (χ3v) is 5.94. The summed E-state index contributed by atoms with van der Waals surface area (Å²) in [6, 6.07) is 8.96. The van der Waals surface area contributed by atoms with Crippen molar-refractivity contribution in [1.82, 2.24) is 20.1 Å². The second kappa shape index (κ2) is 8.19. The number of piperazine rings is 1. The van der Waals surface area contributed by atoms with E-state index >= 15 is 0 Å². The summed E-state index contributed by atoms with van der Waals surface area (Å²) in [5, 5.41) is 5.43. The SMILES string of the molecule is Cc1c(Cl)c(CN2CCC(N3CCNCC3)C2)nc2ccccc12.Cl. The van der Waals surface area contributed by atoms with E-state index in [1.54, 1.807) is 0 Å². The number of halogens is 2. The number of likely N-dealkylation sites (tertiary alicyclic amines) is 1. The zero-order chi connectivity index (χ0) is 16.5. The van der Waals surface area contributed by atoms with Crippen molar-refractivity contribution in [2.24, 2.45) is 0 Å². The van der Waals surface area contributed by atoms with E-state index in [2.05, 4.69) is 34.2 Å². The van der Waals surface area contributed by atoms with Gasteiger partial charge in [-0.2, -0.15) is 0 Å². The summed E-state index contributed by atoms with van der Waals surface area (Å²) in [4.78, 5) is 9.98. The lowest BCUT2D eigenvalue weighted by Gasteiger charge is -2.32. The first kappa shape index (κ1) is 18.9. The van der Waals surface area contributed by atoms with Crippen LogP contribution in [0.2, 0.25) is 5.02 Å². The molecule has 6 heteroatoms. The molecule has 0 amide bonds. The number of para-hydroxylation sites is 1. The lowest BCUT2D eigenvalue weighted by atomic mass is 10.1. The van der Waals surface area contributed by atoms with E-state index in [1.165, 1.54) is 19.5 Å². The van der Waals surface area contributed by atoms with E-state index in [4.69, 9.17) is 16.6 Å². The Morgan fingerprint density at radius 2 is 1.96 bits per heavy atom. The summed E-state index contributed by atoms with van der Waals surface area (Å²) in [6.07, 6.45) is 1.25. The summed E-state index contributed by atoms with van der Waals surface area (Å²) in [5.74, 6) is 0. The van der Waals surface area contributed by atoms with Crippen LogP contribution in [0.25, 0.3) is 10.9 Å². The number of aromatic nitrogens is 1. The van der Waals surface area contributed by atoms with E-state index in [9.17, 15) is 0 Å². The first-order valence-electron chi connectivity index (χ1n) is 8.93. The van der Waals surface area contributed by atoms with Crippen molar-refractivity contribution in [3.63, 3.8) is 0 Å². The quantitative estimate of drug-likeness (QED) is 0.886. The van der Waals surface area contributed by atoms with Gasteiger partial charge in [0.25, 0.3) is 0 Å². The van der Waals surface area contributed by atoms with Crippen LogP contribution in [0.3, 0.4) is 0 Å². The van der Waals surface area contributed by atoms with Crippen molar-refractivity contribution < 1.29 is 0 Å². The minimum absolute atomic E-state index is 0. The summed E-state index contributed by atoms with van der Waals surface area (Å²) < 4.78 is 0. The van der Waals surface area contributed by atoms with Crippen LogP contribution < -0.4 is 5.32 Å². The predicted octanol–water partition coefficient (Wildman–Crippen LogP) is 3.10. The van der Waals surface area contributed by atoms with Crippen LogP contribution in [0.4, 0.5) is 0 Å². The maximum Gasteiger partial charge on any atom is 0.0740 e. The molecule has 0 saturated carbocycles. The molecule has 2 fully saturated rings. The number of hydrogen-bond donors (Lipinski definition) is 1. The topological polar surface area (TPSA) is 31.4 Å². The van der Waals surface area contributed by atoms with Gasteiger partial charge in [-0.1, -0.05) is 29.8 Å². The first-order valence-corrected chi connectivity index (χ1v) is 9.31. The van der Waals surface area contributed by atoms with E-state index in [0.29, 0.717) is 6.04 Å². The fourth-order valence-corrected chi connectivity index (χ4v) is 4.24. The van der Waals surface area contributed by atoms with Gasteiger partial charge in [0.05, 0.1) is 16.2 Å². The molecule has 3 heterocycles. The number of nitrogens with zero attached hydrogens (tertiary/aromatic N) is 3. The Labute approximate surface area is 160 Å². The normalized spacial score (nSPS) is 22.2. The molecule has 1 aromatic heterocycles. The molecule has 1 unspecified atom stereocenters. The fraction of sp³-hybridized carbons (Fsp3) is 0.526. The monoisotopic (exact) mass is 380 g/mol. The highest BCUT2D eigenvalue weighted by Gasteiger charge is 2.29. The zero-order valence-electron chi connectivity index (χ0n) is 14.7. The number of rotatable bonds is 3. The highest BCUT2D eigenvalue weighted by atomic mass is 35.5. The van der Waals surface area contributed by atoms with Gasteiger partial charge in [-0.25, -0.2) is 4.98 Å². The zero-order valence-corrected chi connectivity index (χ0v) is 16.2. The molecule has 0 spiro atoms. The van der Waals surface area contributed by atoms with E-state index in [-0.39, 0.29) is 12.4 Å². The maximum absolute atomic E-state index is 6.63. The average molecular weight is 381 g/mol. The van der Waals surface area contributed by atoms with Crippen molar-refractivity contribution in [2.45, 2.75) is 25.9 Å². The van der Waals surface area contributed by atoms with Gasteiger partial charge in [-0.3, -0.25) is 9.80 Å². The maximum atomic E-state index is 6.63. The molecule has 2 saturated heterocycles. The molecule has 4 nitrogen and oxygen atoms in total. The van der Waals surface area contributed by atoms with Crippen molar-refractivity contribution in [3.05, 3.63) is 40.5 Å². The number of fused-ring (bicyclic) bond motifs is 1. The number of aryl methyl sites for hydroxylation is 1. The molecular formula is C19H26Cl2N4. The number of nitrogens with one attached hydrogen (secondary N) is 1. The van der Waals surface area contributed by atoms with Gasteiger partial charge in [0.15, 0.2) is 0 Å². The fourth-order valence-electron chi connectivity index (χ4n) is 4.04. The number of benzene rings is 1. The first-order chi connectivity index (χ1) is 11.7. The van der Waals surface area contributed by atoms with Crippen LogP contribution in [-0.2, 0) is 6.54 Å². The molecule has 1 N–H and O–H groups in total. The molecule has 2 aromatic rings. The van der Waals surface area contributed by atoms with Gasteiger partial charge in [0.2, 0.25) is 0 Å². The van der Waals surface area contributed by atoms with Crippen LogP contribution in [0, 0.1) is 6.92 Å².